The van der Waals surface area contributed by atoms with E-state index in [4.69, 9.17) is 8.83 Å². The number of pyridine rings is 1. The highest BCUT2D eigenvalue weighted by atomic mass is 19.1. The van der Waals surface area contributed by atoms with Gasteiger partial charge in [0.15, 0.2) is 5.58 Å². The van der Waals surface area contributed by atoms with Crippen molar-refractivity contribution in [2.75, 3.05) is 26.0 Å². The molecule has 8 nitrogen and oxygen atoms in total. The van der Waals surface area contributed by atoms with Gasteiger partial charge < -0.3 is 23.6 Å². The minimum Gasteiger partial charge on any atom is -0.455 e. The standard InChI is InChI=1S/C31H25FN4O4/c1-33-29(37)27-21-14-20(24(35(2)3)15-26(21)39-28(27)17-9-11-19(32)12-10-17)18-13-22(31(38)36(4)16-18)30-34-23-7-5-6-8-25(23)40-30/h5-16H,1-4H3,(H,33,37). The van der Waals surface area contributed by atoms with Crippen LogP contribution in [0.4, 0.5) is 10.1 Å². The largest absolute Gasteiger partial charge is 0.455 e. The Hall–Kier alpha value is -5.18. The molecule has 0 aliphatic carbocycles. The third-order valence-corrected chi connectivity index (χ3v) is 6.87. The first-order valence-electron chi connectivity index (χ1n) is 12.6. The molecule has 9 heteroatoms. The lowest BCUT2D eigenvalue weighted by Gasteiger charge is -2.18. The van der Waals surface area contributed by atoms with Crippen molar-refractivity contribution in [3.63, 3.8) is 0 Å². The van der Waals surface area contributed by atoms with E-state index in [9.17, 15) is 14.0 Å². The number of oxazole rings is 1. The van der Waals surface area contributed by atoms with E-state index in [-0.39, 0.29) is 23.2 Å². The van der Waals surface area contributed by atoms with Crippen molar-refractivity contribution < 1.29 is 18.0 Å². The minimum atomic E-state index is -0.386. The van der Waals surface area contributed by atoms with Crippen LogP contribution < -0.4 is 15.8 Å². The fourth-order valence-corrected chi connectivity index (χ4v) is 4.89. The van der Waals surface area contributed by atoms with Crippen molar-refractivity contribution in [1.29, 1.82) is 0 Å². The van der Waals surface area contributed by atoms with Gasteiger partial charge in [-0.15, -0.1) is 0 Å². The topological polar surface area (TPSA) is 93.5 Å². The van der Waals surface area contributed by atoms with Crippen molar-refractivity contribution in [2.24, 2.45) is 7.05 Å². The number of amides is 1. The zero-order chi connectivity index (χ0) is 28.1. The number of carbonyl (C=O) groups excluding carboxylic acids is 1. The first-order valence-corrected chi connectivity index (χ1v) is 12.6. The van der Waals surface area contributed by atoms with Crippen molar-refractivity contribution in [2.45, 2.75) is 0 Å². The summed E-state index contributed by atoms with van der Waals surface area (Å²) in [6.45, 7) is 0. The number of benzene rings is 3. The van der Waals surface area contributed by atoms with Crippen LogP contribution >= 0.6 is 0 Å². The summed E-state index contributed by atoms with van der Waals surface area (Å²) in [6.07, 6.45) is 1.74. The van der Waals surface area contributed by atoms with Crippen molar-refractivity contribution in [3.8, 4) is 33.9 Å². The summed E-state index contributed by atoms with van der Waals surface area (Å²) in [7, 11) is 7.02. The van der Waals surface area contributed by atoms with Crippen molar-refractivity contribution >= 4 is 33.7 Å². The second-order valence-electron chi connectivity index (χ2n) is 9.70. The molecular weight excluding hydrogens is 511 g/mol. The Labute approximate surface area is 228 Å². The second kappa shape index (κ2) is 9.53. The summed E-state index contributed by atoms with van der Waals surface area (Å²) < 4.78 is 27.3. The van der Waals surface area contributed by atoms with Gasteiger partial charge in [0.25, 0.3) is 11.5 Å². The molecule has 3 heterocycles. The Morgan fingerprint density at radius 3 is 2.40 bits per heavy atom. The number of para-hydroxylation sites is 2. The molecule has 1 amide bonds. The van der Waals surface area contributed by atoms with Crippen LogP contribution in [0.1, 0.15) is 10.4 Å². The molecule has 200 valence electrons. The molecule has 6 rings (SSSR count). The zero-order valence-electron chi connectivity index (χ0n) is 22.3. The molecule has 0 atom stereocenters. The summed E-state index contributed by atoms with van der Waals surface area (Å²) in [6, 6.07) is 18.6. The summed E-state index contributed by atoms with van der Waals surface area (Å²) in [5, 5.41) is 3.27. The van der Waals surface area contributed by atoms with E-state index >= 15 is 0 Å². The number of hydrogen-bond donors (Lipinski definition) is 1. The SMILES string of the molecule is CNC(=O)c1c(-c2ccc(F)cc2)oc2cc(N(C)C)c(-c3cc(-c4nc5ccccc5o4)c(=O)n(C)c3)cc12. The predicted octanol–water partition coefficient (Wildman–Crippen LogP) is 5.84. The molecule has 3 aromatic carbocycles. The van der Waals surface area contributed by atoms with E-state index < -0.39 is 0 Å². The maximum atomic E-state index is 13.6. The maximum absolute atomic E-state index is 13.6. The fraction of sp³-hybridized carbons (Fsp3) is 0.129. The number of furan rings is 1. The lowest BCUT2D eigenvalue weighted by atomic mass is 9.98. The van der Waals surface area contributed by atoms with E-state index in [1.165, 1.54) is 16.7 Å². The molecule has 0 unspecified atom stereocenters. The van der Waals surface area contributed by atoms with Crippen LogP contribution in [0.2, 0.25) is 0 Å². The molecule has 0 saturated heterocycles. The van der Waals surface area contributed by atoms with Gasteiger partial charge in [0.05, 0.1) is 5.56 Å². The molecule has 0 aliphatic rings. The Bertz CT molecular complexity index is 1950. The Balaban J connectivity index is 1.61. The van der Waals surface area contributed by atoms with Gasteiger partial charge >= 0.3 is 0 Å². The summed E-state index contributed by atoms with van der Waals surface area (Å²) in [5.41, 5.74) is 4.99. The number of rotatable bonds is 5. The van der Waals surface area contributed by atoms with Crippen LogP contribution in [0, 0.1) is 5.82 Å². The molecule has 3 aromatic heterocycles. The molecule has 40 heavy (non-hydrogen) atoms. The lowest BCUT2D eigenvalue weighted by molar-refractivity contribution is 0.0964. The summed E-state index contributed by atoms with van der Waals surface area (Å²) >= 11 is 0. The molecule has 6 aromatic rings. The van der Waals surface area contributed by atoms with Gasteiger partial charge in [0.1, 0.15) is 28.2 Å². The number of halogens is 1. The minimum absolute atomic E-state index is 0.226. The number of hydrogen-bond acceptors (Lipinski definition) is 6. The van der Waals surface area contributed by atoms with Gasteiger partial charge in [0, 0.05) is 68.2 Å². The highest BCUT2D eigenvalue weighted by molar-refractivity contribution is 6.12. The molecule has 0 aliphatic heterocycles. The van der Waals surface area contributed by atoms with Crippen LogP contribution in [0.5, 0.6) is 0 Å². The van der Waals surface area contributed by atoms with Crippen LogP contribution in [0.25, 0.3) is 56.0 Å². The van der Waals surface area contributed by atoms with Crippen LogP contribution in [-0.2, 0) is 7.05 Å². The van der Waals surface area contributed by atoms with E-state index in [0.717, 1.165) is 16.8 Å². The average Bonchev–Trinajstić information content (AvgIpc) is 3.55. The quantitative estimate of drug-likeness (QED) is 0.298. The molecule has 1 N–H and O–H groups in total. The second-order valence-corrected chi connectivity index (χ2v) is 9.70. The summed E-state index contributed by atoms with van der Waals surface area (Å²) in [4.78, 5) is 32.8. The van der Waals surface area contributed by atoms with E-state index in [1.807, 2.05) is 49.3 Å². The first kappa shape index (κ1) is 25.1. The van der Waals surface area contributed by atoms with Crippen molar-refractivity contribution in [1.82, 2.24) is 14.9 Å². The van der Waals surface area contributed by atoms with Gasteiger partial charge in [-0.3, -0.25) is 9.59 Å². The smallest absolute Gasteiger partial charge is 0.263 e. The number of aromatic nitrogens is 2. The van der Waals surface area contributed by atoms with Gasteiger partial charge in [-0.05, 0) is 48.5 Å². The monoisotopic (exact) mass is 536 g/mol. The van der Waals surface area contributed by atoms with Crippen LogP contribution in [0.3, 0.4) is 0 Å². The molecular formula is C31H25FN4O4. The number of nitrogens with one attached hydrogen (secondary N) is 1. The van der Waals surface area contributed by atoms with Gasteiger partial charge in [0.2, 0.25) is 5.89 Å². The van der Waals surface area contributed by atoms with Gasteiger partial charge in [-0.25, -0.2) is 9.37 Å². The normalized spacial score (nSPS) is 11.3. The number of aryl methyl sites for hydroxylation is 1. The van der Waals surface area contributed by atoms with Gasteiger partial charge in [-0.1, -0.05) is 12.1 Å². The predicted molar refractivity (Wildman–Crippen MR) is 153 cm³/mol. The van der Waals surface area contributed by atoms with E-state index in [0.29, 0.717) is 44.5 Å². The van der Waals surface area contributed by atoms with Crippen LogP contribution in [0.15, 0.2) is 86.6 Å². The molecule has 0 bridgehead atoms. The number of carbonyl (C=O) groups is 1. The highest BCUT2D eigenvalue weighted by Crippen LogP contribution is 2.41. The maximum Gasteiger partial charge on any atom is 0.263 e. The average molecular weight is 537 g/mol. The fourth-order valence-electron chi connectivity index (χ4n) is 4.89. The zero-order valence-corrected chi connectivity index (χ0v) is 22.3. The Kier molecular flexibility index (Phi) is 5.99. The lowest BCUT2D eigenvalue weighted by Crippen LogP contribution is -2.19. The van der Waals surface area contributed by atoms with Gasteiger partial charge in [-0.2, -0.15) is 0 Å². The van der Waals surface area contributed by atoms with E-state index in [1.54, 1.807) is 44.6 Å². The number of nitrogens with zero attached hydrogens (tertiary/aromatic N) is 3. The summed E-state index contributed by atoms with van der Waals surface area (Å²) in [5.74, 6) is -0.162. The third-order valence-electron chi connectivity index (χ3n) is 6.87. The number of fused-ring (bicyclic) bond motifs is 2. The van der Waals surface area contributed by atoms with Crippen molar-refractivity contribution in [3.05, 3.63) is 94.7 Å². The van der Waals surface area contributed by atoms with E-state index in [2.05, 4.69) is 10.3 Å². The highest BCUT2D eigenvalue weighted by Gasteiger charge is 2.25. The Morgan fingerprint density at radius 1 is 0.950 bits per heavy atom. The Morgan fingerprint density at radius 2 is 1.70 bits per heavy atom. The molecule has 0 spiro atoms. The molecule has 0 fully saturated rings. The third kappa shape index (κ3) is 4.12. The molecule has 0 radical (unpaired) electrons. The first-order chi connectivity index (χ1) is 19.2. The van der Waals surface area contributed by atoms with Crippen LogP contribution in [-0.4, -0.2) is 36.6 Å². The molecule has 0 saturated carbocycles. The number of anilines is 1.